The van der Waals surface area contributed by atoms with Crippen LogP contribution in [0.5, 0.6) is 23.0 Å². The van der Waals surface area contributed by atoms with Gasteiger partial charge in [-0.25, -0.2) is 0 Å². The third-order valence-electron chi connectivity index (χ3n) is 4.81. The summed E-state index contributed by atoms with van der Waals surface area (Å²) in [5.74, 6) is 2.42. The van der Waals surface area contributed by atoms with Gasteiger partial charge < -0.3 is 18.9 Å². The van der Waals surface area contributed by atoms with E-state index in [9.17, 15) is 4.79 Å². The topological polar surface area (TPSA) is 57.2 Å². The molecule has 4 rings (SSSR count). The van der Waals surface area contributed by atoms with E-state index < -0.39 is 0 Å². The lowest BCUT2D eigenvalue weighted by molar-refractivity contribution is -0.113. The fourth-order valence-corrected chi connectivity index (χ4v) is 4.81. The van der Waals surface area contributed by atoms with Crippen LogP contribution in [0.4, 0.5) is 5.69 Å². The maximum atomic E-state index is 13.2. The van der Waals surface area contributed by atoms with Gasteiger partial charge in [-0.2, -0.15) is 0 Å². The molecule has 1 saturated heterocycles. The van der Waals surface area contributed by atoms with Gasteiger partial charge in [-0.15, -0.1) is 6.58 Å². The van der Waals surface area contributed by atoms with E-state index in [1.807, 2.05) is 38.1 Å². The molecular weight excluding hydrogens is 446 g/mol. The molecule has 166 valence electrons. The second-order valence-corrected chi connectivity index (χ2v) is 8.60. The minimum Gasteiger partial charge on any atom is -0.490 e. The molecule has 2 aromatic carbocycles. The molecule has 0 spiro atoms. The van der Waals surface area contributed by atoms with E-state index in [4.69, 9.17) is 31.2 Å². The van der Waals surface area contributed by atoms with Crippen LogP contribution in [0.2, 0.25) is 0 Å². The van der Waals surface area contributed by atoms with Crippen LogP contribution in [0.3, 0.4) is 0 Å². The Hall–Kier alpha value is -2.97. The van der Waals surface area contributed by atoms with Gasteiger partial charge in [0.25, 0.3) is 5.91 Å². The zero-order valence-corrected chi connectivity index (χ0v) is 19.5. The summed E-state index contributed by atoms with van der Waals surface area (Å²) >= 11 is 6.77. The minimum atomic E-state index is -0.184. The molecule has 0 saturated carbocycles. The molecule has 1 amide bonds. The molecule has 2 aliphatic rings. The van der Waals surface area contributed by atoms with Gasteiger partial charge in [-0.05, 0) is 56.2 Å². The number of thioether (sulfide) groups is 1. The van der Waals surface area contributed by atoms with E-state index >= 15 is 0 Å². The van der Waals surface area contributed by atoms with Crippen molar-refractivity contribution in [3.8, 4) is 23.0 Å². The summed E-state index contributed by atoms with van der Waals surface area (Å²) in [5.41, 5.74) is 2.43. The predicted octanol–water partition coefficient (Wildman–Crippen LogP) is 5.35. The van der Waals surface area contributed by atoms with E-state index in [1.165, 1.54) is 16.7 Å². The number of ether oxygens (including phenoxy) is 4. The van der Waals surface area contributed by atoms with Crippen LogP contribution in [-0.2, 0) is 11.2 Å². The quantitative estimate of drug-likeness (QED) is 0.294. The lowest BCUT2D eigenvalue weighted by Gasteiger charge is -2.16. The van der Waals surface area contributed by atoms with Crippen LogP contribution in [0, 0.1) is 0 Å². The average Bonchev–Trinajstić information content (AvgIpc) is 3.34. The summed E-state index contributed by atoms with van der Waals surface area (Å²) in [7, 11) is 0. The van der Waals surface area contributed by atoms with Crippen molar-refractivity contribution >= 4 is 46.0 Å². The van der Waals surface area contributed by atoms with Crippen molar-refractivity contribution in [2.75, 3.05) is 24.9 Å². The van der Waals surface area contributed by atoms with Gasteiger partial charge in [-0.1, -0.05) is 30.1 Å². The Morgan fingerprint density at radius 2 is 1.94 bits per heavy atom. The van der Waals surface area contributed by atoms with Crippen molar-refractivity contribution in [1.82, 2.24) is 0 Å². The highest BCUT2D eigenvalue weighted by molar-refractivity contribution is 8.27. The molecule has 32 heavy (non-hydrogen) atoms. The first-order valence-corrected chi connectivity index (χ1v) is 11.5. The van der Waals surface area contributed by atoms with Crippen LogP contribution in [0.15, 0.2) is 47.9 Å². The SMILES string of the molecule is C=CCc1cc(/C=C2/SC(=S)N(c3ccc4c(c3)OCO4)C2=O)cc(OCC)c1OCC. The Morgan fingerprint density at radius 3 is 2.69 bits per heavy atom. The largest absolute Gasteiger partial charge is 0.490 e. The van der Waals surface area contributed by atoms with Crippen molar-refractivity contribution in [2.45, 2.75) is 20.3 Å². The molecule has 1 fully saturated rings. The Bertz CT molecular complexity index is 1110. The van der Waals surface area contributed by atoms with Gasteiger partial charge in [0.2, 0.25) is 6.79 Å². The highest BCUT2D eigenvalue weighted by atomic mass is 32.2. The minimum absolute atomic E-state index is 0.171. The van der Waals surface area contributed by atoms with Gasteiger partial charge in [-0.3, -0.25) is 9.69 Å². The third-order valence-corrected chi connectivity index (χ3v) is 6.11. The molecule has 0 aromatic heterocycles. The molecule has 0 aliphatic carbocycles. The molecule has 0 N–H and O–H groups in total. The van der Waals surface area contributed by atoms with E-state index in [-0.39, 0.29) is 12.7 Å². The number of amides is 1. The zero-order chi connectivity index (χ0) is 22.7. The number of allylic oxidation sites excluding steroid dienone is 1. The molecule has 2 aliphatic heterocycles. The highest BCUT2D eigenvalue weighted by Gasteiger charge is 2.34. The number of fused-ring (bicyclic) bond motifs is 1. The molecule has 0 radical (unpaired) electrons. The first-order valence-electron chi connectivity index (χ1n) is 10.3. The van der Waals surface area contributed by atoms with Crippen LogP contribution in [0.25, 0.3) is 6.08 Å². The Morgan fingerprint density at radius 1 is 1.16 bits per heavy atom. The molecule has 0 bridgehead atoms. The molecule has 2 heterocycles. The maximum Gasteiger partial charge on any atom is 0.270 e. The molecule has 0 unspecified atom stereocenters. The van der Waals surface area contributed by atoms with Crippen LogP contribution < -0.4 is 23.8 Å². The Labute approximate surface area is 196 Å². The Balaban J connectivity index is 1.68. The summed E-state index contributed by atoms with van der Waals surface area (Å²) < 4.78 is 22.9. The number of anilines is 1. The van der Waals surface area contributed by atoms with Gasteiger partial charge >= 0.3 is 0 Å². The van der Waals surface area contributed by atoms with Gasteiger partial charge in [0, 0.05) is 11.6 Å². The second-order valence-electron chi connectivity index (χ2n) is 6.92. The normalized spacial score (nSPS) is 16.1. The van der Waals surface area contributed by atoms with E-state index in [2.05, 4.69) is 6.58 Å². The number of carbonyl (C=O) groups excluding carboxylic acids is 1. The maximum absolute atomic E-state index is 13.2. The van der Waals surface area contributed by atoms with Crippen molar-refractivity contribution in [3.05, 3.63) is 59.0 Å². The number of rotatable bonds is 8. The van der Waals surface area contributed by atoms with Crippen molar-refractivity contribution in [3.63, 3.8) is 0 Å². The summed E-state index contributed by atoms with van der Waals surface area (Å²) in [4.78, 5) is 15.3. The fourth-order valence-electron chi connectivity index (χ4n) is 3.51. The Kier molecular flexibility index (Phi) is 6.72. The second kappa shape index (κ2) is 9.67. The number of carbonyl (C=O) groups is 1. The molecular formula is C24H23NO5S2. The third kappa shape index (κ3) is 4.33. The number of hydrogen-bond acceptors (Lipinski definition) is 7. The van der Waals surface area contributed by atoms with E-state index in [0.29, 0.717) is 57.5 Å². The molecule has 0 atom stereocenters. The van der Waals surface area contributed by atoms with Crippen molar-refractivity contribution < 1.29 is 23.7 Å². The number of hydrogen-bond donors (Lipinski definition) is 0. The van der Waals surface area contributed by atoms with Crippen LogP contribution >= 0.6 is 24.0 Å². The predicted molar refractivity (Wildman–Crippen MR) is 131 cm³/mol. The average molecular weight is 470 g/mol. The van der Waals surface area contributed by atoms with E-state index in [1.54, 1.807) is 18.2 Å². The standard InChI is InChI=1S/C24H23NO5S2/c1-4-7-16-10-15(11-20(27-5-2)22(16)28-6-3)12-21-23(26)25(24(31)32-21)17-8-9-18-19(13-17)30-14-29-18/h4,8-13H,1,5-7,14H2,2-3H3/b21-12+. The molecule has 6 nitrogen and oxygen atoms in total. The lowest BCUT2D eigenvalue weighted by Crippen LogP contribution is -2.27. The summed E-state index contributed by atoms with van der Waals surface area (Å²) in [6.45, 7) is 8.90. The van der Waals surface area contributed by atoms with Crippen LogP contribution in [-0.4, -0.2) is 30.2 Å². The highest BCUT2D eigenvalue weighted by Crippen LogP contribution is 2.41. The van der Waals surface area contributed by atoms with Crippen molar-refractivity contribution in [2.24, 2.45) is 0 Å². The summed E-state index contributed by atoms with van der Waals surface area (Å²) in [5, 5.41) is 0. The molecule has 8 heteroatoms. The monoisotopic (exact) mass is 469 g/mol. The van der Waals surface area contributed by atoms with Crippen molar-refractivity contribution in [1.29, 1.82) is 0 Å². The molecule has 2 aromatic rings. The first kappa shape index (κ1) is 22.2. The zero-order valence-electron chi connectivity index (χ0n) is 17.9. The van der Waals surface area contributed by atoms with Crippen LogP contribution in [0.1, 0.15) is 25.0 Å². The first-order chi connectivity index (χ1) is 15.5. The number of thiocarbonyl (C=S) groups is 1. The fraction of sp³-hybridized carbons (Fsp3) is 0.250. The van der Waals surface area contributed by atoms with Gasteiger partial charge in [0.05, 0.1) is 23.8 Å². The number of nitrogens with zero attached hydrogens (tertiary/aromatic N) is 1. The summed E-state index contributed by atoms with van der Waals surface area (Å²) in [6.07, 6.45) is 4.27. The van der Waals surface area contributed by atoms with Gasteiger partial charge in [0.15, 0.2) is 27.3 Å². The van der Waals surface area contributed by atoms with E-state index in [0.717, 1.165) is 11.1 Å². The number of benzene rings is 2. The lowest BCUT2D eigenvalue weighted by atomic mass is 10.0. The van der Waals surface area contributed by atoms with Gasteiger partial charge in [0.1, 0.15) is 0 Å². The summed E-state index contributed by atoms with van der Waals surface area (Å²) in [6, 6.07) is 9.22. The smallest absolute Gasteiger partial charge is 0.270 e.